The van der Waals surface area contributed by atoms with Crippen LogP contribution in [0.25, 0.3) is 0 Å². The molecular weight excluding hydrogens is 246 g/mol. The van der Waals surface area contributed by atoms with Gasteiger partial charge in [-0.25, -0.2) is 4.79 Å². The number of benzene rings is 1. The highest BCUT2D eigenvalue weighted by Gasteiger charge is 2.30. The molecule has 1 saturated heterocycles. The molecule has 1 aromatic carbocycles. The van der Waals surface area contributed by atoms with Crippen molar-refractivity contribution in [3.05, 3.63) is 29.8 Å². The monoisotopic (exact) mass is 265 g/mol. The maximum Gasteiger partial charge on any atom is 0.335 e. The van der Waals surface area contributed by atoms with E-state index >= 15 is 0 Å². The molecule has 1 aromatic rings. The van der Waals surface area contributed by atoms with Crippen LogP contribution in [-0.4, -0.2) is 31.8 Å². The quantitative estimate of drug-likeness (QED) is 0.811. The van der Waals surface area contributed by atoms with E-state index in [1.54, 1.807) is 7.11 Å². The Hall–Kier alpha value is -1.59. The summed E-state index contributed by atoms with van der Waals surface area (Å²) < 4.78 is 15.8. The lowest BCUT2D eigenvalue weighted by Gasteiger charge is -2.12. The third-order valence-electron chi connectivity index (χ3n) is 3.17. The molecule has 104 valence electrons. The lowest BCUT2D eigenvalue weighted by atomic mass is 10.2. The van der Waals surface area contributed by atoms with E-state index in [0.717, 1.165) is 17.7 Å². The fraction of sp³-hybridized carbons (Fsp3) is 0.500. The highest BCUT2D eigenvalue weighted by molar-refractivity contribution is 5.75. The normalized spacial score (nSPS) is 22.2. The molecular formula is C14H19NO4. The van der Waals surface area contributed by atoms with Crippen LogP contribution in [0.4, 0.5) is 0 Å². The molecule has 0 aliphatic carbocycles. The van der Waals surface area contributed by atoms with Crippen molar-refractivity contribution in [2.24, 2.45) is 5.73 Å². The highest BCUT2D eigenvalue weighted by atomic mass is 16.6. The number of hydrogen-bond donors (Lipinski definition) is 1. The van der Waals surface area contributed by atoms with E-state index in [9.17, 15) is 4.79 Å². The number of carbonyl (C=O) groups is 1. The third kappa shape index (κ3) is 3.68. The van der Waals surface area contributed by atoms with Gasteiger partial charge in [0, 0.05) is 6.54 Å². The van der Waals surface area contributed by atoms with Gasteiger partial charge in [0.1, 0.15) is 12.4 Å². The Morgan fingerprint density at radius 1 is 1.37 bits per heavy atom. The fourth-order valence-electron chi connectivity index (χ4n) is 2.02. The Labute approximate surface area is 112 Å². The molecule has 0 radical (unpaired) electrons. The Kier molecular flexibility index (Phi) is 4.76. The van der Waals surface area contributed by atoms with E-state index < -0.39 is 6.10 Å². The molecule has 2 unspecified atom stereocenters. The van der Waals surface area contributed by atoms with Gasteiger partial charge in [-0.2, -0.15) is 0 Å². The van der Waals surface area contributed by atoms with Gasteiger partial charge in [-0.05, 0) is 30.5 Å². The minimum Gasteiger partial charge on any atom is -0.497 e. The van der Waals surface area contributed by atoms with Crippen molar-refractivity contribution in [2.75, 3.05) is 13.7 Å². The fourth-order valence-corrected chi connectivity index (χ4v) is 2.02. The summed E-state index contributed by atoms with van der Waals surface area (Å²) in [5.41, 5.74) is 6.42. The lowest BCUT2D eigenvalue weighted by Crippen LogP contribution is -2.26. The molecule has 2 N–H and O–H groups in total. The van der Waals surface area contributed by atoms with Crippen LogP contribution in [0.2, 0.25) is 0 Å². The first-order chi connectivity index (χ1) is 9.22. The van der Waals surface area contributed by atoms with Gasteiger partial charge >= 0.3 is 5.97 Å². The predicted octanol–water partition coefficient (Wildman–Crippen LogP) is 1.24. The molecule has 0 amide bonds. The largest absolute Gasteiger partial charge is 0.497 e. The van der Waals surface area contributed by atoms with Crippen LogP contribution in [0, 0.1) is 0 Å². The number of rotatable bonds is 5. The van der Waals surface area contributed by atoms with Crippen molar-refractivity contribution >= 4 is 5.97 Å². The van der Waals surface area contributed by atoms with Gasteiger partial charge in [0.15, 0.2) is 6.10 Å². The molecule has 0 spiro atoms. The molecule has 0 saturated carbocycles. The van der Waals surface area contributed by atoms with E-state index in [2.05, 4.69) is 0 Å². The van der Waals surface area contributed by atoms with Gasteiger partial charge < -0.3 is 19.9 Å². The van der Waals surface area contributed by atoms with Crippen LogP contribution >= 0.6 is 0 Å². The number of hydrogen-bond acceptors (Lipinski definition) is 5. The highest BCUT2D eigenvalue weighted by Crippen LogP contribution is 2.20. The zero-order chi connectivity index (χ0) is 13.7. The molecule has 5 nitrogen and oxygen atoms in total. The van der Waals surface area contributed by atoms with E-state index in [4.69, 9.17) is 19.9 Å². The number of methoxy groups -OCH3 is 1. The molecule has 0 aromatic heterocycles. The summed E-state index contributed by atoms with van der Waals surface area (Å²) in [6.45, 7) is 0.693. The number of carbonyl (C=O) groups excluding carboxylic acids is 1. The molecule has 2 atom stereocenters. The van der Waals surface area contributed by atoms with Gasteiger partial charge in [-0.1, -0.05) is 12.1 Å². The standard InChI is InChI=1S/C14H19NO4/c1-17-11-4-2-10(3-5-11)9-18-14(16)13-7-6-12(8-15)19-13/h2-5,12-13H,6-9,15H2,1H3. The molecule has 0 bridgehead atoms. The van der Waals surface area contributed by atoms with E-state index in [1.807, 2.05) is 24.3 Å². The van der Waals surface area contributed by atoms with Crippen LogP contribution in [0.15, 0.2) is 24.3 Å². The van der Waals surface area contributed by atoms with Crippen LogP contribution in [0.3, 0.4) is 0 Å². The molecule has 5 heteroatoms. The SMILES string of the molecule is COc1ccc(COC(=O)C2CCC(CN)O2)cc1. The van der Waals surface area contributed by atoms with E-state index in [1.165, 1.54) is 0 Å². The minimum atomic E-state index is -0.466. The van der Waals surface area contributed by atoms with Gasteiger partial charge in [0.2, 0.25) is 0 Å². The summed E-state index contributed by atoms with van der Waals surface area (Å²) >= 11 is 0. The second-order valence-corrected chi connectivity index (χ2v) is 4.52. The van der Waals surface area contributed by atoms with Gasteiger partial charge in [-0.15, -0.1) is 0 Å². The van der Waals surface area contributed by atoms with E-state index in [-0.39, 0.29) is 18.7 Å². The van der Waals surface area contributed by atoms with Crippen molar-refractivity contribution in [3.8, 4) is 5.75 Å². The topological polar surface area (TPSA) is 70.8 Å². The maximum atomic E-state index is 11.8. The van der Waals surface area contributed by atoms with Crippen LogP contribution in [0.5, 0.6) is 5.75 Å². The molecule has 1 fully saturated rings. The maximum absolute atomic E-state index is 11.8. The van der Waals surface area contributed by atoms with E-state index in [0.29, 0.717) is 13.0 Å². The van der Waals surface area contributed by atoms with Crippen LogP contribution < -0.4 is 10.5 Å². The van der Waals surface area contributed by atoms with Crippen molar-refractivity contribution < 1.29 is 19.0 Å². The van der Waals surface area contributed by atoms with Crippen molar-refractivity contribution in [3.63, 3.8) is 0 Å². The molecule has 1 heterocycles. The first-order valence-electron chi connectivity index (χ1n) is 6.38. The number of esters is 1. The number of ether oxygens (including phenoxy) is 3. The van der Waals surface area contributed by atoms with Gasteiger partial charge in [0.25, 0.3) is 0 Å². The summed E-state index contributed by atoms with van der Waals surface area (Å²) in [4.78, 5) is 11.8. The summed E-state index contributed by atoms with van der Waals surface area (Å²) in [6, 6.07) is 7.40. The van der Waals surface area contributed by atoms with Crippen LogP contribution in [-0.2, 0) is 20.9 Å². The third-order valence-corrected chi connectivity index (χ3v) is 3.17. The Morgan fingerprint density at radius 2 is 2.11 bits per heavy atom. The smallest absolute Gasteiger partial charge is 0.335 e. The predicted molar refractivity (Wildman–Crippen MR) is 69.7 cm³/mol. The van der Waals surface area contributed by atoms with Crippen LogP contribution in [0.1, 0.15) is 18.4 Å². The molecule has 1 aliphatic rings. The first-order valence-corrected chi connectivity index (χ1v) is 6.38. The van der Waals surface area contributed by atoms with Gasteiger partial charge in [0.05, 0.1) is 13.2 Å². The molecule has 19 heavy (non-hydrogen) atoms. The van der Waals surface area contributed by atoms with Gasteiger partial charge in [-0.3, -0.25) is 0 Å². The zero-order valence-corrected chi connectivity index (χ0v) is 11.0. The molecule has 2 rings (SSSR count). The second kappa shape index (κ2) is 6.54. The molecule has 1 aliphatic heterocycles. The summed E-state index contributed by atoms with van der Waals surface area (Å²) in [7, 11) is 1.61. The zero-order valence-electron chi connectivity index (χ0n) is 11.0. The van der Waals surface area contributed by atoms with Crippen molar-refractivity contribution in [2.45, 2.75) is 31.7 Å². The number of nitrogens with two attached hydrogens (primary N) is 1. The minimum absolute atomic E-state index is 0.0152. The summed E-state index contributed by atoms with van der Waals surface area (Å²) in [6.07, 6.45) is 1.02. The Balaban J connectivity index is 1.80. The summed E-state index contributed by atoms with van der Waals surface area (Å²) in [5.74, 6) is 0.465. The summed E-state index contributed by atoms with van der Waals surface area (Å²) in [5, 5.41) is 0. The lowest BCUT2D eigenvalue weighted by molar-refractivity contribution is -0.157. The van der Waals surface area contributed by atoms with Crippen molar-refractivity contribution in [1.82, 2.24) is 0 Å². The Morgan fingerprint density at radius 3 is 2.68 bits per heavy atom. The second-order valence-electron chi connectivity index (χ2n) is 4.52. The first kappa shape index (κ1) is 13.8. The van der Waals surface area contributed by atoms with Crippen molar-refractivity contribution in [1.29, 1.82) is 0 Å². The average Bonchev–Trinajstić information content (AvgIpc) is 2.94. The Bertz CT molecular complexity index is 418. The average molecular weight is 265 g/mol.